The number of hydrogen-bond donors (Lipinski definition) is 1. The molecule has 0 spiro atoms. The highest BCUT2D eigenvalue weighted by Crippen LogP contribution is 2.29. The quantitative estimate of drug-likeness (QED) is 0.595. The van der Waals surface area contributed by atoms with Gasteiger partial charge in [0.15, 0.2) is 0 Å². The van der Waals surface area contributed by atoms with Crippen LogP contribution in [0.15, 0.2) is 18.2 Å². The molecular formula is C12H15NO3. The van der Waals surface area contributed by atoms with Gasteiger partial charge in [0, 0.05) is 6.42 Å². The predicted octanol–water partition coefficient (Wildman–Crippen LogP) is 0.988. The fourth-order valence-corrected chi connectivity index (χ4v) is 1.67. The van der Waals surface area contributed by atoms with Crippen molar-refractivity contribution >= 4 is 5.69 Å². The number of anilines is 1. The van der Waals surface area contributed by atoms with Gasteiger partial charge in [-0.2, -0.15) is 0 Å². The summed E-state index contributed by atoms with van der Waals surface area (Å²) in [5.41, 5.74) is 7.89. The van der Waals surface area contributed by atoms with E-state index in [0.717, 1.165) is 36.6 Å². The standard InChI is InChI=1S/C12H15NO3/c13-12-8(4-9-5-14-9)2-1-3-11(12)16-7-10-6-15-10/h1-3,9-10H,4-7,13H2. The van der Waals surface area contributed by atoms with Crippen molar-refractivity contribution in [3.05, 3.63) is 23.8 Å². The van der Waals surface area contributed by atoms with Crippen LogP contribution < -0.4 is 10.5 Å². The molecule has 3 rings (SSSR count). The summed E-state index contributed by atoms with van der Waals surface area (Å²) in [4.78, 5) is 0. The maximum Gasteiger partial charge on any atom is 0.142 e. The molecule has 86 valence electrons. The summed E-state index contributed by atoms with van der Waals surface area (Å²) in [6, 6.07) is 5.89. The Balaban J connectivity index is 1.69. The molecule has 1 aromatic carbocycles. The third-order valence-corrected chi connectivity index (χ3v) is 2.83. The van der Waals surface area contributed by atoms with E-state index in [0.29, 0.717) is 12.7 Å². The molecule has 16 heavy (non-hydrogen) atoms. The Bertz CT molecular complexity index is 386. The lowest BCUT2D eigenvalue weighted by atomic mass is 10.1. The number of para-hydroxylation sites is 1. The smallest absolute Gasteiger partial charge is 0.142 e. The molecule has 2 heterocycles. The third-order valence-electron chi connectivity index (χ3n) is 2.83. The minimum atomic E-state index is 0.259. The van der Waals surface area contributed by atoms with Crippen LogP contribution in [0.2, 0.25) is 0 Å². The first-order valence-electron chi connectivity index (χ1n) is 5.56. The van der Waals surface area contributed by atoms with Gasteiger partial charge in [-0.1, -0.05) is 12.1 Å². The second kappa shape index (κ2) is 3.96. The van der Waals surface area contributed by atoms with Crippen LogP contribution in [0.4, 0.5) is 5.69 Å². The van der Waals surface area contributed by atoms with Gasteiger partial charge in [-0.3, -0.25) is 0 Å². The molecule has 2 atom stereocenters. The van der Waals surface area contributed by atoms with Crippen LogP contribution in [0, 0.1) is 0 Å². The highest BCUT2D eigenvalue weighted by molar-refractivity contribution is 5.58. The van der Waals surface area contributed by atoms with E-state index < -0.39 is 0 Å². The monoisotopic (exact) mass is 221 g/mol. The van der Waals surface area contributed by atoms with Crippen molar-refractivity contribution in [2.45, 2.75) is 18.6 Å². The van der Waals surface area contributed by atoms with Crippen molar-refractivity contribution in [1.29, 1.82) is 0 Å². The van der Waals surface area contributed by atoms with Gasteiger partial charge in [0.05, 0.1) is 25.0 Å². The summed E-state index contributed by atoms with van der Waals surface area (Å²) in [6.07, 6.45) is 1.49. The number of hydrogen-bond acceptors (Lipinski definition) is 4. The number of nitrogens with two attached hydrogens (primary N) is 1. The molecule has 1 aromatic rings. The van der Waals surface area contributed by atoms with Gasteiger partial charge in [0.25, 0.3) is 0 Å². The Morgan fingerprint density at radius 3 is 2.69 bits per heavy atom. The Labute approximate surface area is 94.3 Å². The molecule has 4 nitrogen and oxygen atoms in total. The molecular weight excluding hydrogens is 206 g/mol. The fourth-order valence-electron chi connectivity index (χ4n) is 1.67. The zero-order chi connectivity index (χ0) is 11.0. The molecule has 0 aliphatic carbocycles. The van der Waals surface area contributed by atoms with E-state index in [1.54, 1.807) is 0 Å². The second-order valence-corrected chi connectivity index (χ2v) is 4.25. The molecule has 0 saturated carbocycles. The van der Waals surface area contributed by atoms with Gasteiger partial charge in [0.1, 0.15) is 18.5 Å². The molecule has 2 saturated heterocycles. The Kier molecular flexibility index (Phi) is 2.46. The number of rotatable bonds is 5. The van der Waals surface area contributed by atoms with Crippen LogP contribution in [-0.4, -0.2) is 32.0 Å². The molecule has 2 aliphatic rings. The summed E-state index contributed by atoms with van der Waals surface area (Å²) < 4.78 is 15.9. The lowest BCUT2D eigenvalue weighted by Crippen LogP contribution is -2.07. The SMILES string of the molecule is Nc1c(CC2CO2)cccc1OCC1CO1. The second-order valence-electron chi connectivity index (χ2n) is 4.25. The molecule has 2 N–H and O–H groups in total. The lowest BCUT2D eigenvalue weighted by Gasteiger charge is -2.10. The first-order chi connectivity index (χ1) is 7.83. The van der Waals surface area contributed by atoms with Crippen LogP contribution in [0.5, 0.6) is 5.75 Å². The maximum atomic E-state index is 6.04. The molecule has 0 bridgehead atoms. The number of nitrogen functional groups attached to an aromatic ring is 1. The van der Waals surface area contributed by atoms with Crippen LogP contribution in [-0.2, 0) is 15.9 Å². The normalized spacial score (nSPS) is 26.5. The molecule has 4 heteroatoms. The number of benzene rings is 1. The van der Waals surface area contributed by atoms with Crippen molar-refractivity contribution < 1.29 is 14.2 Å². The first-order valence-corrected chi connectivity index (χ1v) is 5.56. The van der Waals surface area contributed by atoms with E-state index in [9.17, 15) is 0 Å². The van der Waals surface area contributed by atoms with Gasteiger partial charge in [-0.15, -0.1) is 0 Å². The van der Waals surface area contributed by atoms with Crippen molar-refractivity contribution in [1.82, 2.24) is 0 Å². The van der Waals surface area contributed by atoms with E-state index in [1.165, 1.54) is 0 Å². The average molecular weight is 221 g/mol. The average Bonchev–Trinajstić information content (AvgIpc) is 3.13. The van der Waals surface area contributed by atoms with Crippen molar-refractivity contribution in [2.24, 2.45) is 0 Å². The molecule has 0 radical (unpaired) electrons. The minimum Gasteiger partial charge on any atom is -0.489 e. The molecule has 2 unspecified atom stereocenters. The first kappa shape index (κ1) is 9.93. The van der Waals surface area contributed by atoms with Gasteiger partial charge in [-0.25, -0.2) is 0 Å². The Morgan fingerprint density at radius 1 is 1.25 bits per heavy atom. The predicted molar refractivity (Wildman–Crippen MR) is 59.5 cm³/mol. The van der Waals surface area contributed by atoms with Crippen LogP contribution in [0.1, 0.15) is 5.56 Å². The summed E-state index contributed by atoms with van der Waals surface area (Å²) in [6.45, 7) is 2.24. The maximum absolute atomic E-state index is 6.04. The van der Waals surface area contributed by atoms with E-state index in [-0.39, 0.29) is 6.10 Å². The summed E-state index contributed by atoms with van der Waals surface area (Å²) in [5.74, 6) is 0.758. The van der Waals surface area contributed by atoms with Crippen molar-refractivity contribution in [3.8, 4) is 5.75 Å². The van der Waals surface area contributed by atoms with Crippen LogP contribution in [0.3, 0.4) is 0 Å². The number of ether oxygens (including phenoxy) is 3. The third kappa shape index (κ3) is 2.28. The molecule has 0 aromatic heterocycles. The van der Waals surface area contributed by atoms with Crippen molar-refractivity contribution in [2.75, 3.05) is 25.6 Å². The Morgan fingerprint density at radius 2 is 2.00 bits per heavy atom. The highest BCUT2D eigenvalue weighted by atomic mass is 16.6. The van der Waals surface area contributed by atoms with Crippen LogP contribution in [0.25, 0.3) is 0 Å². The fraction of sp³-hybridized carbons (Fsp3) is 0.500. The largest absolute Gasteiger partial charge is 0.489 e. The highest BCUT2D eigenvalue weighted by Gasteiger charge is 2.25. The Hall–Kier alpha value is -1.26. The molecule has 2 aliphatic heterocycles. The van der Waals surface area contributed by atoms with E-state index in [4.69, 9.17) is 19.9 Å². The number of epoxide rings is 2. The van der Waals surface area contributed by atoms with E-state index >= 15 is 0 Å². The molecule has 2 fully saturated rings. The van der Waals surface area contributed by atoms with Gasteiger partial charge >= 0.3 is 0 Å². The van der Waals surface area contributed by atoms with Crippen molar-refractivity contribution in [3.63, 3.8) is 0 Å². The summed E-state index contributed by atoms with van der Waals surface area (Å²) in [5, 5.41) is 0. The lowest BCUT2D eigenvalue weighted by molar-refractivity contribution is 0.264. The molecule has 0 amide bonds. The summed E-state index contributed by atoms with van der Waals surface area (Å²) >= 11 is 0. The van der Waals surface area contributed by atoms with Crippen LogP contribution >= 0.6 is 0 Å². The van der Waals surface area contributed by atoms with Gasteiger partial charge in [0.2, 0.25) is 0 Å². The zero-order valence-electron chi connectivity index (χ0n) is 9.02. The van der Waals surface area contributed by atoms with E-state index in [2.05, 4.69) is 0 Å². The topological polar surface area (TPSA) is 60.3 Å². The zero-order valence-corrected chi connectivity index (χ0v) is 9.02. The van der Waals surface area contributed by atoms with E-state index in [1.807, 2.05) is 18.2 Å². The van der Waals surface area contributed by atoms with Gasteiger partial charge < -0.3 is 19.9 Å². The minimum absolute atomic E-state index is 0.259. The summed E-state index contributed by atoms with van der Waals surface area (Å²) in [7, 11) is 0. The van der Waals surface area contributed by atoms with Gasteiger partial charge in [-0.05, 0) is 11.6 Å².